The monoisotopic (exact) mass is 400 g/mol. The number of primary amides is 1. The van der Waals surface area contributed by atoms with Gasteiger partial charge in [-0.05, 0) is 29.8 Å². The van der Waals surface area contributed by atoms with Gasteiger partial charge in [0.05, 0.1) is 17.7 Å². The summed E-state index contributed by atoms with van der Waals surface area (Å²) in [4.78, 5) is 36.3. The van der Waals surface area contributed by atoms with Crippen molar-refractivity contribution in [2.75, 3.05) is 7.11 Å². The van der Waals surface area contributed by atoms with Crippen molar-refractivity contribution in [3.63, 3.8) is 0 Å². The SMILES string of the molecule is COc1ccc2c(C[C@H](NC(=O)c3ccccc3Cl)C(N)=O)cc(=O)oc2c1. The number of carbonyl (C=O) groups excluding carboxylic acids is 2. The number of nitrogens with two attached hydrogens (primary N) is 1. The van der Waals surface area contributed by atoms with Gasteiger partial charge in [-0.1, -0.05) is 23.7 Å². The van der Waals surface area contributed by atoms with E-state index in [9.17, 15) is 14.4 Å². The topological polar surface area (TPSA) is 112 Å². The van der Waals surface area contributed by atoms with Crippen molar-refractivity contribution in [3.8, 4) is 5.75 Å². The summed E-state index contributed by atoms with van der Waals surface area (Å²) >= 11 is 6.03. The molecule has 2 amide bonds. The molecule has 0 saturated carbocycles. The van der Waals surface area contributed by atoms with Crippen LogP contribution in [0, 0.1) is 0 Å². The number of amides is 2. The van der Waals surface area contributed by atoms with Gasteiger partial charge >= 0.3 is 5.63 Å². The standard InChI is InChI=1S/C20H17ClN2O5/c1-27-12-6-7-13-11(9-18(24)28-17(13)10-12)8-16(19(22)25)23-20(26)14-4-2-3-5-15(14)21/h2-7,9-10,16H,8H2,1H3,(H2,22,25)(H,23,26)/t16-/m0/s1. The fourth-order valence-electron chi connectivity index (χ4n) is 2.83. The third-order valence-corrected chi connectivity index (χ3v) is 4.56. The number of nitrogens with one attached hydrogen (secondary N) is 1. The van der Waals surface area contributed by atoms with E-state index in [1.54, 1.807) is 36.4 Å². The molecule has 2 aromatic carbocycles. The zero-order valence-corrected chi connectivity index (χ0v) is 15.7. The summed E-state index contributed by atoms with van der Waals surface area (Å²) in [5.74, 6) is -0.759. The second kappa shape index (κ2) is 8.14. The molecule has 0 aliphatic rings. The van der Waals surface area contributed by atoms with Crippen molar-refractivity contribution in [3.05, 3.63) is 75.1 Å². The van der Waals surface area contributed by atoms with Crippen molar-refractivity contribution >= 4 is 34.4 Å². The number of hydrogen-bond donors (Lipinski definition) is 2. The average Bonchev–Trinajstić information content (AvgIpc) is 2.66. The molecule has 0 saturated heterocycles. The lowest BCUT2D eigenvalue weighted by Crippen LogP contribution is -2.46. The van der Waals surface area contributed by atoms with Gasteiger partial charge < -0.3 is 20.2 Å². The second-order valence-corrected chi connectivity index (χ2v) is 6.47. The molecule has 7 nitrogen and oxygen atoms in total. The maximum absolute atomic E-state index is 12.5. The van der Waals surface area contributed by atoms with Crippen LogP contribution in [0.3, 0.4) is 0 Å². The summed E-state index contributed by atoms with van der Waals surface area (Å²) in [6.07, 6.45) is 0.0138. The highest BCUT2D eigenvalue weighted by atomic mass is 35.5. The summed E-state index contributed by atoms with van der Waals surface area (Å²) < 4.78 is 10.3. The quantitative estimate of drug-likeness (QED) is 0.616. The smallest absolute Gasteiger partial charge is 0.336 e. The minimum Gasteiger partial charge on any atom is -0.497 e. The van der Waals surface area contributed by atoms with Gasteiger partial charge in [-0.25, -0.2) is 4.79 Å². The molecule has 0 radical (unpaired) electrons. The maximum Gasteiger partial charge on any atom is 0.336 e. The van der Waals surface area contributed by atoms with Crippen LogP contribution in [-0.4, -0.2) is 25.0 Å². The molecule has 1 heterocycles. The Morgan fingerprint density at radius 2 is 1.96 bits per heavy atom. The van der Waals surface area contributed by atoms with Gasteiger partial charge in [0, 0.05) is 23.9 Å². The van der Waals surface area contributed by atoms with Gasteiger partial charge in [0.25, 0.3) is 5.91 Å². The highest BCUT2D eigenvalue weighted by Crippen LogP contribution is 2.23. The Balaban J connectivity index is 1.93. The van der Waals surface area contributed by atoms with E-state index in [4.69, 9.17) is 26.5 Å². The predicted molar refractivity (Wildman–Crippen MR) is 105 cm³/mol. The van der Waals surface area contributed by atoms with Crippen LogP contribution in [-0.2, 0) is 11.2 Å². The number of carbonyl (C=O) groups is 2. The van der Waals surface area contributed by atoms with E-state index in [0.717, 1.165) is 0 Å². The number of hydrogen-bond acceptors (Lipinski definition) is 5. The molecule has 1 atom stereocenters. The Hall–Kier alpha value is -3.32. The maximum atomic E-state index is 12.5. The van der Waals surface area contributed by atoms with Gasteiger partial charge in [0.1, 0.15) is 17.4 Å². The summed E-state index contributed by atoms with van der Waals surface area (Å²) in [7, 11) is 1.50. The lowest BCUT2D eigenvalue weighted by Gasteiger charge is -2.17. The van der Waals surface area contributed by atoms with Crippen LogP contribution >= 0.6 is 11.6 Å². The van der Waals surface area contributed by atoms with E-state index in [2.05, 4.69) is 5.32 Å². The number of benzene rings is 2. The normalized spacial score (nSPS) is 11.8. The lowest BCUT2D eigenvalue weighted by atomic mass is 10.0. The van der Waals surface area contributed by atoms with Gasteiger partial charge in [-0.2, -0.15) is 0 Å². The summed E-state index contributed by atoms with van der Waals surface area (Å²) in [5.41, 5.74) is 5.92. The number of ether oxygens (including phenoxy) is 1. The highest BCUT2D eigenvalue weighted by Gasteiger charge is 2.22. The Kier molecular flexibility index (Phi) is 5.65. The van der Waals surface area contributed by atoms with Crippen LogP contribution in [0.2, 0.25) is 5.02 Å². The van der Waals surface area contributed by atoms with Crippen molar-refractivity contribution in [1.82, 2.24) is 5.32 Å². The van der Waals surface area contributed by atoms with Crippen LogP contribution in [0.1, 0.15) is 15.9 Å². The lowest BCUT2D eigenvalue weighted by molar-refractivity contribution is -0.119. The molecule has 0 spiro atoms. The fourth-order valence-corrected chi connectivity index (χ4v) is 3.05. The molecule has 0 aliphatic heterocycles. The first-order chi connectivity index (χ1) is 13.4. The fraction of sp³-hybridized carbons (Fsp3) is 0.150. The zero-order valence-electron chi connectivity index (χ0n) is 14.9. The molecule has 8 heteroatoms. The van der Waals surface area contributed by atoms with Crippen molar-refractivity contribution < 1.29 is 18.7 Å². The second-order valence-electron chi connectivity index (χ2n) is 6.07. The first-order valence-corrected chi connectivity index (χ1v) is 8.72. The van der Waals surface area contributed by atoms with Crippen LogP contribution in [0.4, 0.5) is 0 Å². The number of rotatable bonds is 6. The van der Waals surface area contributed by atoms with Crippen LogP contribution in [0.5, 0.6) is 5.75 Å². The molecule has 1 aromatic heterocycles. The molecular weight excluding hydrogens is 384 g/mol. The Bertz CT molecular complexity index is 1110. The van der Waals surface area contributed by atoms with Gasteiger partial charge in [0.2, 0.25) is 5.91 Å². The predicted octanol–water partition coefficient (Wildman–Crippen LogP) is 2.28. The van der Waals surface area contributed by atoms with E-state index < -0.39 is 23.5 Å². The average molecular weight is 401 g/mol. The number of methoxy groups -OCH3 is 1. The third-order valence-electron chi connectivity index (χ3n) is 4.23. The van der Waals surface area contributed by atoms with Crippen molar-refractivity contribution in [2.24, 2.45) is 5.73 Å². The number of halogens is 1. The Labute approximate surface area is 165 Å². The van der Waals surface area contributed by atoms with E-state index in [1.807, 2.05) is 0 Å². The Morgan fingerprint density at radius 1 is 1.21 bits per heavy atom. The van der Waals surface area contributed by atoms with Crippen LogP contribution in [0.25, 0.3) is 11.0 Å². The summed E-state index contributed by atoms with van der Waals surface area (Å²) in [5, 5.41) is 3.43. The minimum atomic E-state index is -1.05. The first kappa shape index (κ1) is 19.4. The molecule has 3 rings (SSSR count). The molecule has 0 fully saturated rings. The third kappa shape index (κ3) is 4.15. The minimum absolute atomic E-state index is 0.0138. The van der Waals surface area contributed by atoms with Crippen LogP contribution < -0.4 is 21.4 Å². The molecule has 3 N–H and O–H groups in total. The van der Waals surface area contributed by atoms with E-state index in [0.29, 0.717) is 22.3 Å². The highest BCUT2D eigenvalue weighted by molar-refractivity contribution is 6.33. The molecule has 144 valence electrons. The van der Waals surface area contributed by atoms with Gasteiger partial charge in [-0.15, -0.1) is 0 Å². The molecule has 0 unspecified atom stereocenters. The Morgan fingerprint density at radius 3 is 2.64 bits per heavy atom. The zero-order chi connectivity index (χ0) is 20.3. The number of fused-ring (bicyclic) bond motifs is 1. The summed E-state index contributed by atoms with van der Waals surface area (Å²) in [6.45, 7) is 0. The largest absolute Gasteiger partial charge is 0.497 e. The van der Waals surface area contributed by atoms with E-state index >= 15 is 0 Å². The van der Waals surface area contributed by atoms with Crippen molar-refractivity contribution in [1.29, 1.82) is 0 Å². The van der Waals surface area contributed by atoms with Gasteiger partial charge in [-0.3, -0.25) is 9.59 Å². The molecular formula is C20H17ClN2O5. The molecule has 28 heavy (non-hydrogen) atoms. The first-order valence-electron chi connectivity index (χ1n) is 8.34. The van der Waals surface area contributed by atoms with E-state index in [-0.39, 0.29) is 17.0 Å². The van der Waals surface area contributed by atoms with Gasteiger partial charge in [0.15, 0.2) is 0 Å². The molecule has 3 aromatic rings. The van der Waals surface area contributed by atoms with Crippen molar-refractivity contribution in [2.45, 2.75) is 12.5 Å². The summed E-state index contributed by atoms with van der Waals surface area (Å²) in [6, 6.07) is 11.7. The van der Waals surface area contributed by atoms with Crippen LogP contribution in [0.15, 0.2) is 57.7 Å². The van der Waals surface area contributed by atoms with E-state index in [1.165, 1.54) is 19.2 Å². The molecule has 0 aliphatic carbocycles. The molecule has 0 bridgehead atoms.